The Morgan fingerprint density at radius 3 is 2.31 bits per heavy atom. The van der Waals surface area contributed by atoms with Gasteiger partial charge in [0.05, 0.1) is 24.0 Å². The number of fused-ring (bicyclic) bond motifs is 1. The van der Waals surface area contributed by atoms with Gasteiger partial charge in [-0.25, -0.2) is 0 Å². The van der Waals surface area contributed by atoms with Crippen LogP contribution in [0.15, 0.2) is 85.1 Å². The van der Waals surface area contributed by atoms with Crippen LogP contribution in [0.4, 0.5) is 0 Å². The first-order valence-electron chi connectivity index (χ1n) is 11.3. The Labute approximate surface area is 201 Å². The molecule has 35 heavy (non-hydrogen) atoms. The highest BCUT2D eigenvalue weighted by Gasteiger charge is 2.45. The fourth-order valence-electron chi connectivity index (χ4n) is 4.35. The summed E-state index contributed by atoms with van der Waals surface area (Å²) in [4.78, 5) is 13.3. The van der Waals surface area contributed by atoms with Crippen LogP contribution < -0.4 is 4.74 Å². The minimum atomic E-state index is -1.55. The van der Waals surface area contributed by atoms with Crippen molar-refractivity contribution in [1.82, 2.24) is 4.57 Å². The summed E-state index contributed by atoms with van der Waals surface area (Å²) in [7, 11) is 0. The third-order valence-corrected chi connectivity index (χ3v) is 6.21. The van der Waals surface area contributed by atoms with Crippen LogP contribution in [0.3, 0.4) is 0 Å². The largest absolute Gasteiger partial charge is 0.460 e. The predicted octanol–water partition coefficient (Wildman–Crippen LogP) is 2.04. The Kier molecular flexibility index (Phi) is 6.38. The fraction of sp³-hybridized carbons (Fsp3) is 0.222. The van der Waals surface area contributed by atoms with Crippen LogP contribution in [0, 0.1) is 0 Å². The molecule has 0 saturated carbocycles. The summed E-state index contributed by atoms with van der Waals surface area (Å²) < 4.78 is 13.3. The first-order chi connectivity index (χ1) is 17.0. The van der Waals surface area contributed by atoms with Crippen LogP contribution in [-0.2, 0) is 4.74 Å². The van der Waals surface area contributed by atoms with Gasteiger partial charge in [0.1, 0.15) is 30.2 Å². The number of para-hydroxylation sites is 2. The number of hydrogen-bond donors (Lipinski definition) is 4. The summed E-state index contributed by atoms with van der Waals surface area (Å²) in [6.45, 7) is -0.554. The van der Waals surface area contributed by atoms with Gasteiger partial charge in [0.2, 0.25) is 6.29 Å². The van der Waals surface area contributed by atoms with Gasteiger partial charge < -0.3 is 34.5 Å². The fourth-order valence-corrected chi connectivity index (χ4v) is 4.35. The van der Waals surface area contributed by atoms with Gasteiger partial charge in [-0.15, -0.1) is 0 Å². The molecule has 1 aliphatic heterocycles. The van der Waals surface area contributed by atoms with Gasteiger partial charge in [0.25, 0.3) is 0 Å². The van der Waals surface area contributed by atoms with E-state index >= 15 is 0 Å². The van der Waals surface area contributed by atoms with Crippen molar-refractivity contribution < 1.29 is 34.7 Å². The Morgan fingerprint density at radius 2 is 1.54 bits per heavy atom. The number of ketones is 1. The van der Waals surface area contributed by atoms with Crippen LogP contribution in [0.1, 0.15) is 15.9 Å². The highest BCUT2D eigenvalue weighted by Crippen LogP contribution is 2.34. The molecule has 0 aliphatic carbocycles. The van der Waals surface area contributed by atoms with E-state index in [0.717, 1.165) is 5.52 Å². The number of nitrogens with zero attached hydrogens (tertiary/aromatic N) is 1. The molecule has 0 amide bonds. The number of aliphatic hydroxyl groups excluding tert-OH is 4. The Morgan fingerprint density at radius 1 is 0.857 bits per heavy atom. The number of carbonyl (C=O) groups excluding carboxylic acids is 1. The van der Waals surface area contributed by atoms with E-state index in [-0.39, 0.29) is 5.78 Å². The lowest BCUT2D eigenvalue weighted by Crippen LogP contribution is -2.60. The van der Waals surface area contributed by atoms with Crippen molar-refractivity contribution in [2.45, 2.75) is 30.7 Å². The molecule has 180 valence electrons. The number of hydrogen-bond acceptors (Lipinski definition) is 7. The molecule has 0 unspecified atom stereocenters. The summed E-state index contributed by atoms with van der Waals surface area (Å²) in [6, 6.07) is 23.6. The summed E-state index contributed by atoms with van der Waals surface area (Å²) in [6.07, 6.45) is -5.30. The molecule has 1 fully saturated rings. The van der Waals surface area contributed by atoms with Crippen LogP contribution >= 0.6 is 0 Å². The van der Waals surface area contributed by atoms with Crippen molar-refractivity contribution in [2.24, 2.45) is 0 Å². The third-order valence-electron chi connectivity index (χ3n) is 6.21. The second-order valence-corrected chi connectivity index (χ2v) is 8.41. The van der Waals surface area contributed by atoms with E-state index in [9.17, 15) is 25.2 Å². The van der Waals surface area contributed by atoms with Gasteiger partial charge in [-0.05, 0) is 24.3 Å². The first kappa shape index (κ1) is 23.2. The molecule has 4 N–H and O–H groups in total. The average Bonchev–Trinajstić information content (AvgIpc) is 3.27. The van der Waals surface area contributed by atoms with E-state index in [1.54, 1.807) is 30.5 Å². The number of carbonyl (C=O) groups is 1. The second kappa shape index (κ2) is 9.61. The van der Waals surface area contributed by atoms with Gasteiger partial charge in [-0.2, -0.15) is 0 Å². The number of benzene rings is 3. The van der Waals surface area contributed by atoms with Crippen molar-refractivity contribution in [1.29, 1.82) is 0 Å². The molecule has 4 aromatic rings. The van der Waals surface area contributed by atoms with Crippen molar-refractivity contribution in [3.05, 3.63) is 96.2 Å². The molecule has 5 atom stereocenters. The van der Waals surface area contributed by atoms with Crippen molar-refractivity contribution >= 4 is 16.7 Å². The molecule has 0 spiro atoms. The van der Waals surface area contributed by atoms with Crippen molar-refractivity contribution in [3.63, 3.8) is 0 Å². The van der Waals surface area contributed by atoms with Crippen LogP contribution in [0.5, 0.6) is 5.75 Å². The van der Waals surface area contributed by atoms with Gasteiger partial charge in [0, 0.05) is 16.5 Å². The average molecular weight is 475 g/mol. The van der Waals surface area contributed by atoms with Gasteiger partial charge >= 0.3 is 0 Å². The highest BCUT2D eigenvalue weighted by atomic mass is 16.7. The van der Waals surface area contributed by atoms with Gasteiger partial charge in [0.15, 0.2) is 5.78 Å². The monoisotopic (exact) mass is 475 g/mol. The molecule has 1 aromatic heterocycles. The quantitative estimate of drug-likeness (QED) is 0.315. The molecule has 8 heteroatoms. The zero-order valence-electron chi connectivity index (χ0n) is 18.6. The lowest BCUT2D eigenvalue weighted by molar-refractivity contribution is -0.277. The highest BCUT2D eigenvalue weighted by molar-refractivity contribution is 6.11. The summed E-state index contributed by atoms with van der Waals surface area (Å²) in [5.74, 6) is 0.210. The van der Waals surface area contributed by atoms with E-state index in [4.69, 9.17) is 9.47 Å². The van der Waals surface area contributed by atoms with E-state index in [1.165, 1.54) is 0 Å². The maximum atomic E-state index is 13.3. The molecule has 1 aliphatic rings. The molecule has 5 rings (SSSR count). The van der Waals surface area contributed by atoms with E-state index in [1.807, 2.05) is 59.2 Å². The van der Waals surface area contributed by atoms with E-state index < -0.39 is 37.3 Å². The molecule has 0 radical (unpaired) electrons. The number of ether oxygens (including phenoxy) is 2. The number of aromatic nitrogens is 1. The smallest absolute Gasteiger partial charge is 0.229 e. The lowest BCUT2D eigenvalue weighted by Gasteiger charge is -2.39. The van der Waals surface area contributed by atoms with Crippen molar-refractivity contribution in [3.8, 4) is 11.4 Å². The molecular weight excluding hydrogens is 450 g/mol. The minimum Gasteiger partial charge on any atom is -0.460 e. The predicted molar refractivity (Wildman–Crippen MR) is 128 cm³/mol. The molecule has 1 saturated heterocycles. The third kappa shape index (κ3) is 4.22. The maximum Gasteiger partial charge on any atom is 0.229 e. The standard InChI is InChI=1S/C27H25NO7/c29-15-22-24(31)25(32)26(33)27(35-22)34-21-14-28(19-12-6-4-10-17(19)21)20-13-7-5-11-18(20)23(30)16-8-2-1-3-9-16/h1-14,22,24-27,29,31-33H,15H2/t22-,24+,25+,26-,27+/m1/s1. The molecule has 2 heterocycles. The summed E-state index contributed by atoms with van der Waals surface area (Å²) >= 11 is 0. The van der Waals surface area contributed by atoms with Crippen LogP contribution in [0.2, 0.25) is 0 Å². The SMILES string of the molecule is O=C(c1ccccc1)c1ccccc1-n1cc(O[C@H]2O[C@H](CO)[C@H](O)[C@H](O)[C@H]2O)c2ccccc21. The topological polar surface area (TPSA) is 121 Å². The van der Waals surface area contributed by atoms with Crippen molar-refractivity contribution in [2.75, 3.05) is 6.61 Å². The molecule has 0 bridgehead atoms. The lowest BCUT2D eigenvalue weighted by atomic mass is 9.99. The first-order valence-corrected chi connectivity index (χ1v) is 11.3. The molecular formula is C27H25NO7. The minimum absolute atomic E-state index is 0.129. The number of rotatable bonds is 6. The van der Waals surface area contributed by atoms with Gasteiger partial charge in [-0.3, -0.25) is 4.79 Å². The summed E-state index contributed by atoms with van der Waals surface area (Å²) in [5, 5.41) is 40.8. The Balaban J connectivity index is 1.56. The normalized spacial score (nSPS) is 24.4. The van der Waals surface area contributed by atoms with Crippen LogP contribution in [-0.4, -0.2) is 68.1 Å². The zero-order chi connectivity index (χ0) is 24.5. The zero-order valence-corrected chi connectivity index (χ0v) is 18.6. The second-order valence-electron chi connectivity index (χ2n) is 8.41. The van der Waals surface area contributed by atoms with E-state index in [2.05, 4.69) is 0 Å². The molecule has 8 nitrogen and oxygen atoms in total. The summed E-state index contributed by atoms with van der Waals surface area (Å²) in [5.41, 5.74) is 2.45. The Bertz CT molecular complexity index is 1330. The maximum absolute atomic E-state index is 13.3. The molecule has 3 aromatic carbocycles. The van der Waals surface area contributed by atoms with Gasteiger partial charge in [-0.1, -0.05) is 54.6 Å². The van der Waals surface area contributed by atoms with E-state index in [0.29, 0.717) is 28.0 Å². The van der Waals surface area contributed by atoms with Crippen LogP contribution in [0.25, 0.3) is 16.6 Å². The number of aliphatic hydroxyl groups is 4. The Hall–Kier alpha value is -3.53.